The maximum atomic E-state index is 12.1. The molecular weight excluding hydrogens is 564 g/mol. The Hall–Kier alpha value is -1.58. The molecule has 0 unspecified atom stereocenters. The Morgan fingerprint density at radius 3 is 0.870 bits per heavy atom. The van der Waals surface area contributed by atoms with Gasteiger partial charge in [0.1, 0.15) is 0 Å². The van der Waals surface area contributed by atoms with Gasteiger partial charge in [-0.05, 0) is 64.2 Å². The Labute approximate surface area is 288 Å². The van der Waals surface area contributed by atoms with E-state index in [1.165, 1.54) is 167 Å². The highest BCUT2D eigenvalue weighted by molar-refractivity contribution is 5.77. The van der Waals surface area contributed by atoms with Gasteiger partial charge in [-0.15, -0.1) is 0 Å². The van der Waals surface area contributed by atoms with Crippen molar-refractivity contribution in [1.29, 1.82) is 0 Å². The maximum Gasteiger partial charge on any atom is 0.220 e. The number of unbranched alkanes of at least 4 members (excludes halogenated alkanes) is 26. The molecule has 0 rings (SSSR count). The Bertz CT molecular complexity index is 629. The molecule has 0 aromatic rings. The first-order valence-corrected chi connectivity index (χ1v) is 20.5. The summed E-state index contributed by atoms with van der Waals surface area (Å²) in [6.45, 7) is 5.62. The first-order chi connectivity index (χ1) is 22.7. The molecule has 2 amide bonds. The second-order valence-corrected chi connectivity index (χ2v) is 13.8. The third-order valence-corrected chi connectivity index (χ3v) is 9.10. The second kappa shape index (κ2) is 39.6. The summed E-state index contributed by atoms with van der Waals surface area (Å²) < 4.78 is 0. The van der Waals surface area contributed by atoms with Gasteiger partial charge in [0.25, 0.3) is 0 Å². The van der Waals surface area contributed by atoms with Crippen LogP contribution >= 0.6 is 0 Å². The van der Waals surface area contributed by atoms with Gasteiger partial charge in [0.05, 0.1) is 0 Å². The molecule has 0 saturated carbocycles. The zero-order valence-electron chi connectivity index (χ0n) is 31.2. The predicted octanol–water partition coefficient (Wildman–Crippen LogP) is 12.9. The van der Waals surface area contributed by atoms with Crippen LogP contribution in [-0.4, -0.2) is 24.9 Å². The van der Waals surface area contributed by atoms with Gasteiger partial charge >= 0.3 is 0 Å². The molecule has 0 aromatic heterocycles. The van der Waals surface area contributed by atoms with E-state index in [0.717, 1.165) is 25.7 Å². The predicted molar refractivity (Wildman–Crippen MR) is 203 cm³/mol. The lowest BCUT2D eigenvalue weighted by Crippen LogP contribution is -2.34. The summed E-state index contributed by atoms with van der Waals surface area (Å²) in [6.07, 6.45) is 49.5. The van der Waals surface area contributed by atoms with Crippen molar-refractivity contribution in [3.63, 3.8) is 0 Å². The molecule has 0 saturated heterocycles. The molecule has 46 heavy (non-hydrogen) atoms. The molecule has 4 nitrogen and oxygen atoms in total. The molecule has 0 atom stereocenters. The molecule has 0 radical (unpaired) electrons. The first kappa shape index (κ1) is 44.4. The summed E-state index contributed by atoms with van der Waals surface area (Å²) in [7, 11) is 0. The molecule has 0 aromatic carbocycles. The monoisotopic (exact) mass is 645 g/mol. The van der Waals surface area contributed by atoms with Gasteiger partial charge in [0, 0.05) is 25.9 Å². The van der Waals surface area contributed by atoms with Crippen molar-refractivity contribution >= 4 is 11.8 Å². The number of hydrogen-bond acceptors (Lipinski definition) is 2. The quantitative estimate of drug-likeness (QED) is 0.0522. The molecule has 0 aliphatic carbocycles. The number of hydrogen-bond donors (Lipinski definition) is 2. The van der Waals surface area contributed by atoms with Crippen molar-refractivity contribution in [1.82, 2.24) is 10.6 Å². The van der Waals surface area contributed by atoms with E-state index in [2.05, 4.69) is 48.8 Å². The average molecular weight is 645 g/mol. The van der Waals surface area contributed by atoms with Crippen LogP contribution in [0.5, 0.6) is 0 Å². The van der Waals surface area contributed by atoms with Gasteiger partial charge in [0.2, 0.25) is 11.8 Å². The molecule has 0 aliphatic heterocycles. The lowest BCUT2D eigenvalue weighted by molar-refractivity contribution is -0.123. The van der Waals surface area contributed by atoms with E-state index in [0.29, 0.717) is 25.9 Å². The summed E-state index contributed by atoms with van der Waals surface area (Å²) in [4.78, 5) is 24.1. The SMILES string of the molecule is CCCCCCCC/C=C/CCCCCCCCCC(=O)NCCNC(=O)CCCCCCCCC/C=C/CCCCCCCC. The van der Waals surface area contributed by atoms with Crippen LogP contribution < -0.4 is 10.6 Å². The van der Waals surface area contributed by atoms with E-state index in [4.69, 9.17) is 0 Å². The normalized spacial score (nSPS) is 11.6. The van der Waals surface area contributed by atoms with Crippen molar-refractivity contribution in [3.8, 4) is 0 Å². The summed E-state index contributed by atoms with van der Waals surface area (Å²) in [5.41, 5.74) is 0. The molecule has 4 heteroatoms. The lowest BCUT2D eigenvalue weighted by atomic mass is 10.1. The largest absolute Gasteiger partial charge is 0.354 e. The van der Waals surface area contributed by atoms with Crippen LogP contribution in [0.2, 0.25) is 0 Å². The highest BCUT2D eigenvalue weighted by Gasteiger charge is 2.03. The van der Waals surface area contributed by atoms with Crippen molar-refractivity contribution in [3.05, 3.63) is 24.3 Å². The van der Waals surface area contributed by atoms with Crippen LogP contribution in [0.15, 0.2) is 24.3 Å². The minimum Gasteiger partial charge on any atom is -0.354 e. The Morgan fingerprint density at radius 1 is 0.348 bits per heavy atom. The molecule has 0 spiro atoms. The van der Waals surface area contributed by atoms with Gasteiger partial charge in [-0.2, -0.15) is 0 Å². The third kappa shape index (κ3) is 38.6. The minimum atomic E-state index is 0.117. The number of nitrogens with one attached hydrogen (secondary N) is 2. The van der Waals surface area contributed by atoms with Gasteiger partial charge in [-0.1, -0.05) is 167 Å². The Morgan fingerprint density at radius 2 is 0.587 bits per heavy atom. The van der Waals surface area contributed by atoms with E-state index in [1.54, 1.807) is 0 Å². The smallest absolute Gasteiger partial charge is 0.220 e. The third-order valence-electron chi connectivity index (χ3n) is 9.10. The standard InChI is InChI=1S/C42H80N2O2/c1-3-5-7-9-11-13-15-17-19-21-23-25-27-29-31-33-35-37-41(45)43-39-40-44-42(46)38-36-34-32-30-28-26-24-22-20-18-16-14-12-10-8-6-4-2/h17-20H,3-16,21-40H2,1-2H3,(H,43,45)(H,44,46)/b19-17+,20-18+. The Balaban J connectivity index is 3.32. The molecular formula is C42H80N2O2. The molecule has 0 fully saturated rings. The molecule has 2 N–H and O–H groups in total. The van der Waals surface area contributed by atoms with Crippen LogP contribution in [0.1, 0.15) is 219 Å². The molecule has 270 valence electrons. The summed E-state index contributed by atoms with van der Waals surface area (Å²) >= 11 is 0. The van der Waals surface area contributed by atoms with Gasteiger partial charge < -0.3 is 10.6 Å². The van der Waals surface area contributed by atoms with E-state index in [-0.39, 0.29) is 11.8 Å². The van der Waals surface area contributed by atoms with Gasteiger partial charge in [0.15, 0.2) is 0 Å². The van der Waals surface area contributed by atoms with Gasteiger partial charge in [-0.25, -0.2) is 0 Å². The summed E-state index contributed by atoms with van der Waals surface area (Å²) in [5, 5.41) is 5.91. The van der Waals surface area contributed by atoms with Crippen LogP contribution in [0, 0.1) is 0 Å². The fourth-order valence-corrected chi connectivity index (χ4v) is 6.00. The summed E-state index contributed by atoms with van der Waals surface area (Å²) in [6, 6.07) is 0. The highest BCUT2D eigenvalue weighted by Crippen LogP contribution is 2.13. The number of allylic oxidation sites excluding steroid dienone is 4. The number of amides is 2. The zero-order valence-corrected chi connectivity index (χ0v) is 31.2. The van der Waals surface area contributed by atoms with Crippen molar-refractivity contribution in [2.24, 2.45) is 0 Å². The fraction of sp³-hybridized carbons (Fsp3) is 0.857. The average Bonchev–Trinajstić information content (AvgIpc) is 3.06. The topological polar surface area (TPSA) is 58.2 Å². The van der Waals surface area contributed by atoms with Gasteiger partial charge in [-0.3, -0.25) is 9.59 Å². The van der Waals surface area contributed by atoms with Crippen LogP contribution in [0.4, 0.5) is 0 Å². The number of carbonyl (C=O) groups excluding carboxylic acids is 2. The van der Waals surface area contributed by atoms with Crippen LogP contribution in [0.25, 0.3) is 0 Å². The molecule has 0 bridgehead atoms. The number of rotatable bonds is 37. The Kier molecular flexibility index (Phi) is 38.2. The number of carbonyl (C=O) groups is 2. The van der Waals surface area contributed by atoms with E-state index >= 15 is 0 Å². The van der Waals surface area contributed by atoms with Crippen LogP contribution in [-0.2, 0) is 9.59 Å². The molecule has 0 aliphatic rings. The van der Waals surface area contributed by atoms with E-state index < -0.39 is 0 Å². The molecule has 0 heterocycles. The van der Waals surface area contributed by atoms with E-state index in [1.807, 2.05) is 0 Å². The second-order valence-electron chi connectivity index (χ2n) is 13.8. The van der Waals surface area contributed by atoms with Crippen molar-refractivity contribution in [2.75, 3.05) is 13.1 Å². The zero-order chi connectivity index (χ0) is 33.4. The fourth-order valence-electron chi connectivity index (χ4n) is 6.00. The first-order valence-electron chi connectivity index (χ1n) is 20.5. The maximum absolute atomic E-state index is 12.1. The van der Waals surface area contributed by atoms with Crippen molar-refractivity contribution < 1.29 is 9.59 Å². The summed E-state index contributed by atoms with van der Waals surface area (Å²) in [5.74, 6) is 0.234. The lowest BCUT2D eigenvalue weighted by Gasteiger charge is -2.07. The highest BCUT2D eigenvalue weighted by atomic mass is 16.2. The van der Waals surface area contributed by atoms with Crippen molar-refractivity contribution in [2.45, 2.75) is 219 Å². The van der Waals surface area contributed by atoms with E-state index in [9.17, 15) is 9.59 Å². The minimum absolute atomic E-state index is 0.117. The van der Waals surface area contributed by atoms with Crippen LogP contribution in [0.3, 0.4) is 0 Å².